The van der Waals surface area contributed by atoms with Crippen molar-refractivity contribution in [2.24, 2.45) is 11.1 Å². The molecule has 0 aliphatic carbocycles. The van der Waals surface area contributed by atoms with Crippen molar-refractivity contribution >= 4 is 0 Å². The third-order valence-corrected chi connectivity index (χ3v) is 3.23. The van der Waals surface area contributed by atoms with Gasteiger partial charge in [0.05, 0.1) is 6.61 Å². The van der Waals surface area contributed by atoms with Crippen LogP contribution in [-0.4, -0.2) is 38.3 Å². The number of nitrogens with two attached hydrogens (primary N) is 1. The van der Waals surface area contributed by atoms with Gasteiger partial charge in [-0.05, 0) is 43.6 Å². The van der Waals surface area contributed by atoms with E-state index >= 15 is 0 Å². The molecule has 6 heteroatoms. The van der Waals surface area contributed by atoms with Gasteiger partial charge >= 0.3 is 6.61 Å². The first-order chi connectivity index (χ1) is 10.3. The highest BCUT2D eigenvalue weighted by atomic mass is 19.3. The molecule has 0 saturated heterocycles. The monoisotopic (exact) mass is 316 g/mol. The summed E-state index contributed by atoms with van der Waals surface area (Å²) in [4.78, 5) is 2.14. The fourth-order valence-electron chi connectivity index (χ4n) is 2.28. The van der Waals surface area contributed by atoms with Crippen LogP contribution >= 0.6 is 0 Å². The maximum Gasteiger partial charge on any atom is 0.387 e. The molecule has 0 aromatic heterocycles. The summed E-state index contributed by atoms with van der Waals surface area (Å²) in [6.45, 7) is 5.65. The van der Waals surface area contributed by atoms with Gasteiger partial charge in [-0.15, -0.1) is 0 Å². The molecule has 0 heterocycles. The maximum atomic E-state index is 12.4. The van der Waals surface area contributed by atoms with E-state index in [2.05, 4.69) is 23.5 Å². The summed E-state index contributed by atoms with van der Waals surface area (Å²) >= 11 is 0. The smallest absolute Gasteiger partial charge is 0.387 e. The fraction of sp³-hybridized carbons (Fsp3) is 0.625. The Labute approximate surface area is 131 Å². The van der Waals surface area contributed by atoms with Crippen molar-refractivity contribution in [3.8, 4) is 11.5 Å². The van der Waals surface area contributed by atoms with E-state index in [-0.39, 0.29) is 11.2 Å². The minimum absolute atomic E-state index is 0.0240. The highest BCUT2D eigenvalue weighted by Gasteiger charge is 2.18. The van der Waals surface area contributed by atoms with Crippen molar-refractivity contribution in [3.05, 3.63) is 23.8 Å². The molecule has 4 nitrogen and oxygen atoms in total. The van der Waals surface area contributed by atoms with Gasteiger partial charge in [0.25, 0.3) is 0 Å². The largest absolute Gasteiger partial charge is 0.490 e. The van der Waals surface area contributed by atoms with E-state index in [1.807, 2.05) is 7.05 Å². The molecule has 0 aliphatic rings. The molecule has 0 aliphatic heterocycles. The predicted octanol–water partition coefficient (Wildman–Crippen LogP) is 3.10. The second-order valence-electron chi connectivity index (χ2n) is 6.13. The van der Waals surface area contributed by atoms with Crippen LogP contribution in [0.3, 0.4) is 0 Å². The van der Waals surface area contributed by atoms with Crippen LogP contribution in [-0.2, 0) is 6.54 Å². The average Bonchev–Trinajstić information content (AvgIpc) is 2.41. The summed E-state index contributed by atoms with van der Waals surface area (Å²) in [6, 6.07) is 5.04. The van der Waals surface area contributed by atoms with Crippen LogP contribution in [0.2, 0.25) is 0 Å². The Morgan fingerprint density at radius 1 is 1.27 bits per heavy atom. The zero-order chi connectivity index (χ0) is 16.8. The standard InChI is InChI=1S/C16H26F2N2O2/c1-5-21-14-8-12(6-7-13(14)22-15(17)18)9-20(4)11-16(2,3)10-19/h6-8,15H,5,9-11,19H2,1-4H3. The number of rotatable bonds is 9. The fourth-order valence-corrected chi connectivity index (χ4v) is 2.28. The van der Waals surface area contributed by atoms with E-state index in [4.69, 9.17) is 10.5 Å². The highest BCUT2D eigenvalue weighted by molar-refractivity contribution is 5.43. The Morgan fingerprint density at radius 3 is 2.50 bits per heavy atom. The predicted molar refractivity (Wildman–Crippen MR) is 83.4 cm³/mol. The zero-order valence-electron chi connectivity index (χ0n) is 13.7. The summed E-state index contributed by atoms with van der Waals surface area (Å²) in [7, 11) is 2.00. The molecule has 2 N–H and O–H groups in total. The lowest BCUT2D eigenvalue weighted by molar-refractivity contribution is -0.0514. The summed E-state index contributed by atoms with van der Waals surface area (Å²) in [5, 5.41) is 0. The molecule has 1 aromatic rings. The van der Waals surface area contributed by atoms with Crippen molar-refractivity contribution < 1.29 is 18.3 Å². The van der Waals surface area contributed by atoms with Crippen molar-refractivity contribution in [1.82, 2.24) is 4.90 Å². The van der Waals surface area contributed by atoms with Gasteiger partial charge in [0.15, 0.2) is 11.5 Å². The van der Waals surface area contributed by atoms with E-state index in [9.17, 15) is 8.78 Å². The molecule has 0 saturated carbocycles. The van der Waals surface area contributed by atoms with Crippen molar-refractivity contribution in [3.63, 3.8) is 0 Å². The van der Waals surface area contributed by atoms with E-state index in [0.717, 1.165) is 12.1 Å². The van der Waals surface area contributed by atoms with E-state index in [0.29, 0.717) is 25.4 Å². The zero-order valence-corrected chi connectivity index (χ0v) is 13.7. The molecule has 0 spiro atoms. The van der Waals surface area contributed by atoms with Crippen LogP contribution in [0, 0.1) is 5.41 Å². The molecule has 0 atom stereocenters. The van der Waals surface area contributed by atoms with Gasteiger partial charge in [-0.25, -0.2) is 0 Å². The van der Waals surface area contributed by atoms with Gasteiger partial charge < -0.3 is 20.1 Å². The summed E-state index contributed by atoms with van der Waals surface area (Å²) < 4.78 is 34.6. The highest BCUT2D eigenvalue weighted by Crippen LogP contribution is 2.30. The van der Waals surface area contributed by atoms with E-state index in [1.54, 1.807) is 19.1 Å². The summed E-state index contributed by atoms with van der Waals surface area (Å²) in [5.74, 6) is 0.400. The van der Waals surface area contributed by atoms with Crippen LogP contribution in [0.5, 0.6) is 11.5 Å². The van der Waals surface area contributed by atoms with Crippen molar-refractivity contribution in [2.75, 3.05) is 26.7 Å². The molecule has 0 unspecified atom stereocenters. The maximum absolute atomic E-state index is 12.4. The van der Waals surface area contributed by atoms with Crippen LogP contribution in [0.4, 0.5) is 8.78 Å². The van der Waals surface area contributed by atoms with Gasteiger partial charge in [-0.1, -0.05) is 19.9 Å². The molecule has 1 aromatic carbocycles. The van der Waals surface area contributed by atoms with Crippen molar-refractivity contribution in [1.29, 1.82) is 0 Å². The van der Waals surface area contributed by atoms with Gasteiger partial charge in [-0.2, -0.15) is 8.78 Å². The summed E-state index contributed by atoms with van der Waals surface area (Å²) in [6.07, 6.45) is 0. The molecule has 0 fully saturated rings. The third kappa shape index (κ3) is 6.15. The lowest BCUT2D eigenvalue weighted by atomic mass is 9.93. The molecule has 0 bridgehead atoms. The number of benzene rings is 1. The Hall–Kier alpha value is -1.40. The Morgan fingerprint density at radius 2 is 1.95 bits per heavy atom. The number of halogens is 2. The van der Waals surface area contributed by atoms with Gasteiger partial charge in [0.1, 0.15) is 0 Å². The average molecular weight is 316 g/mol. The van der Waals surface area contributed by atoms with Gasteiger partial charge in [0, 0.05) is 13.1 Å². The number of alkyl halides is 2. The van der Waals surface area contributed by atoms with Crippen molar-refractivity contribution in [2.45, 2.75) is 33.9 Å². The Bertz CT molecular complexity index is 467. The van der Waals surface area contributed by atoms with Crippen LogP contribution in [0.15, 0.2) is 18.2 Å². The quantitative estimate of drug-likeness (QED) is 0.760. The minimum Gasteiger partial charge on any atom is -0.490 e. The lowest BCUT2D eigenvalue weighted by Gasteiger charge is -2.29. The van der Waals surface area contributed by atoms with E-state index < -0.39 is 6.61 Å². The first-order valence-electron chi connectivity index (χ1n) is 7.36. The summed E-state index contributed by atoms with van der Waals surface area (Å²) in [5.41, 5.74) is 6.74. The lowest BCUT2D eigenvalue weighted by Crippen LogP contribution is -2.36. The second-order valence-corrected chi connectivity index (χ2v) is 6.13. The van der Waals surface area contributed by atoms with Crippen LogP contribution < -0.4 is 15.2 Å². The normalized spacial score (nSPS) is 12.0. The molecular weight excluding hydrogens is 290 g/mol. The minimum atomic E-state index is -2.86. The Kier molecular flexibility index (Phi) is 7.03. The van der Waals surface area contributed by atoms with Crippen LogP contribution in [0.25, 0.3) is 0 Å². The van der Waals surface area contributed by atoms with Gasteiger partial charge in [0.2, 0.25) is 0 Å². The topological polar surface area (TPSA) is 47.7 Å². The Balaban J connectivity index is 2.81. The van der Waals surface area contributed by atoms with Crippen LogP contribution in [0.1, 0.15) is 26.3 Å². The van der Waals surface area contributed by atoms with E-state index in [1.165, 1.54) is 6.07 Å². The molecule has 22 heavy (non-hydrogen) atoms. The molecule has 126 valence electrons. The first-order valence-corrected chi connectivity index (χ1v) is 7.36. The molecular formula is C16H26F2N2O2. The number of ether oxygens (including phenoxy) is 2. The SMILES string of the molecule is CCOc1cc(CN(C)CC(C)(C)CN)ccc1OC(F)F. The molecule has 0 radical (unpaired) electrons. The number of hydrogen-bond donors (Lipinski definition) is 1. The van der Waals surface area contributed by atoms with Gasteiger partial charge in [-0.3, -0.25) is 0 Å². The number of nitrogens with zero attached hydrogens (tertiary/aromatic N) is 1. The third-order valence-electron chi connectivity index (χ3n) is 3.23. The molecule has 0 amide bonds. The molecule has 1 rings (SSSR count). The second kappa shape index (κ2) is 8.29. The number of hydrogen-bond acceptors (Lipinski definition) is 4. The first kappa shape index (κ1) is 18.6.